The van der Waals surface area contributed by atoms with Gasteiger partial charge in [-0.2, -0.15) is 0 Å². The third-order valence-electron chi connectivity index (χ3n) is 1.80. The molecule has 0 rings (SSSR count). The standard InChI is InChI=1S/C9H18O2/c1-6(2)5-7(3)9(11)8(4)10/h6-7,9,11H,5H2,1-4H3. The second kappa shape index (κ2) is 4.50. The molecule has 0 heterocycles. The Bertz CT molecular complexity index is 130. The fourth-order valence-electron chi connectivity index (χ4n) is 1.27. The number of ketones is 1. The Morgan fingerprint density at radius 3 is 2.09 bits per heavy atom. The van der Waals surface area contributed by atoms with Crippen molar-refractivity contribution in [1.29, 1.82) is 0 Å². The smallest absolute Gasteiger partial charge is 0.158 e. The van der Waals surface area contributed by atoms with Gasteiger partial charge in [-0.15, -0.1) is 0 Å². The lowest BCUT2D eigenvalue weighted by Crippen LogP contribution is -2.26. The highest BCUT2D eigenvalue weighted by molar-refractivity contribution is 5.80. The Hall–Kier alpha value is -0.370. The maximum absolute atomic E-state index is 10.7. The van der Waals surface area contributed by atoms with Crippen LogP contribution in [0, 0.1) is 11.8 Å². The topological polar surface area (TPSA) is 37.3 Å². The summed E-state index contributed by atoms with van der Waals surface area (Å²) in [6.07, 6.45) is 0.137. The molecule has 0 aromatic carbocycles. The number of hydrogen-bond donors (Lipinski definition) is 1. The van der Waals surface area contributed by atoms with Crippen LogP contribution in [-0.2, 0) is 4.79 Å². The average molecular weight is 158 g/mol. The zero-order valence-electron chi connectivity index (χ0n) is 7.79. The second-order valence-electron chi connectivity index (χ2n) is 3.66. The first-order chi connectivity index (χ1) is 4.95. The zero-order chi connectivity index (χ0) is 9.02. The first-order valence-electron chi connectivity index (χ1n) is 4.13. The SMILES string of the molecule is CC(=O)C(O)C(C)CC(C)C. The highest BCUT2D eigenvalue weighted by atomic mass is 16.3. The van der Waals surface area contributed by atoms with Crippen molar-refractivity contribution in [2.24, 2.45) is 11.8 Å². The van der Waals surface area contributed by atoms with Crippen LogP contribution in [0.25, 0.3) is 0 Å². The Morgan fingerprint density at radius 1 is 1.36 bits per heavy atom. The predicted octanol–water partition coefficient (Wildman–Crippen LogP) is 1.62. The lowest BCUT2D eigenvalue weighted by atomic mass is 9.92. The second-order valence-corrected chi connectivity index (χ2v) is 3.66. The number of carbonyl (C=O) groups is 1. The molecule has 11 heavy (non-hydrogen) atoms. The monoisotopic (exact) mass is 158 g/mol. The van der Waals surface area contributed by atoms with Crippen molar-refractivity contribution in [1.82, 2.24) is 0 Å². The molecule has 0 aliphatic carbocycles. The number of rotatable bonds is 4. The van der Waals surface area contributed by atoms with Gasteiger partial charge in [-0.05, 0) is 25.2 Å². The van der Waals surface area contributed by atoms with E-state index in [-0.39, 0.29) is 11.7 Å². The Labute approximate surface area is 68.6 Å². The van der Waals surface area contributed by atoms with E-state index >= 15 is 0 Å². The average Bonchev–Trinajstić information content (AvgIpc) is 1.84. The number of hydrogen-bond acceptors (Lipinski definition) is 2. The van der Waals surface area contributed by atoms with E-state index in [1.807, 2.05) is 6.92 Å². The molecule has 0 amide bonds. The predicted molar refractivity (Wildman–Crippen MR) is 45.3 cm³/mol. The molecule has 0 saturated heterocycles. The fourth-order valence-corrected chi connectivity index (χ4v) is 1.27. The quantitative estimate of drug-likeness (QED) is 0.675. The van der Waals surface area contributed by atoms with Crippen molar-refractivity contribution in [2.75, 3.05) is 0 Å². The first-order valence-corrected chi connectivity index (χ1v) is 4.13. The van der Waals surface area contributed by atoms with Crippen molar-refractivity contribution in [3.8, 4) is 0 Å². The van der Waals surface area contributed by atoms with Crippen molar-refractivity contribution in [3.63, 3.8) is 0 Å². The van der Waals surface area contributed by atoms with Gasteiger partial charge in [0.2, 0.25) is 0 Å². The van der Waals surface area contributed by atoms with Gasteiger partial charge < -0.3 is 5.11 Å². The molecule has 0 aromatic rings. The van der Waals surface area contributed by atoms with E-state index in [1.54, 1.807) is 0 Å². The molecular weight excluding hydrogens is 140 g/mol. The first kappa shape index (κ1) is 10.6. The summed E-state index contributed by atoms with van der Waals surface area (Å²) >= 11 is 0. The van der Waals surface area contributed by atoms with E-state index in [0.29, 0.717) is 5.92 Å². The number of aliphatic hydroxyl groups excluding tert-OH is 1. The van der Waals surface area contributed by atoms with Crippen molar-refractivity contribution >= 4 is 5.78 Å². The summed E-state index contributed by atoms with van der Waals surface area (Å²) in [7, 11) is 0. The van der Waals surface area contributed by atoms with Crippen LogP contribution in [-0.4, -0.2) is 17.0 Å². The summed E-state index contributed by atoms with van der Waals surface area (Å²) in [5.74, 6) is 0.504. The highest BCUT2D eigenvalue weighted by Crippen LogP contribution is 2.15. The molecule has 0 aliphatic rings. The molecule has 0 bridgehead atoms. The summed E-state index contributed by atoms with van der Waals surface area (Å²) in [5.41, 5.74) is 0. The van der Waals surface area contributed by atoms with Gasteiger partial charge >= 0.3 is 0 Å². The van der Waals surface area contributed by atoms with Crippen molar-refractivity contribution in [2.45, 2.75) is 40.2 Å². The maximum Gasteiger partial charge on any atom is 0.158 e. The van der Waals surface area contributed by atoms with E-state index in [2.05, 4.69) is 13.8 Å². The number of Topliss-reactive ketones (excluding diaryl/α,β-unsaturated/α-hetero) is 1. The minimum atomic E-state index is -0.766. The number of aliphatic hydroxyl groups is 1. The van der Waals surface area contributed by atoms with Crippen molar-refractivity contribution in [3.05, 3.63) is 0 Å². The third kappa shape index (κ3) is 4.14. The van der Waals surface area contributed by atoms with Gasteiger partial charge in [0, 0.05) is 0 Å². The molecule has 2 nitrogen and oxygen atoms in total. The van der Waals surface area contributed by atoms with Gasteiger partial charge in [0.25, 0.3) is 0 Å². The fraction of sp³-hybridized carbons (Fsp3) is 0.889. The van der Waals surface area contributed by atoms with E-state index in [4.69, 9.17) is 0 Å². The summed E-state index contributed by atoms with van der Waals surface area (Å²) in [6.45, 7) is 7.51. The van der Waals surface area contributed by atoms with Crippen LogP contribution >= 0.6 is 0 Å². The molecule has 2 unspecified atom stereocenters. The molecular formula is C9H18O2. The third-order valence-corrected chi connectivity index (χ3v) is 1.80. The normalized spacial score (nSPS) is 16.5. The lowest BCUT2D eigenvalue weighted by Gasteiger charge is -2.17. The minimum Gasteiger partial charge on any atom is -0.385 e. The number of carbonyl (C=O) groups excluding carboxylic acids is 1. The summed E-state index contributed by atoms with van der Waals surface area (Å²) in [4.78, 5) is 10.7. The maximum atomic E-state index is 10.7. The molecule has 0 radical (unpaired) electrons. The van der Waals surface area contributed by atoms with Crippen LogP contribution in [0.3, 0.4) is 0 Å². The van der Waals surface area contributed by atoms with Crippen LogP contribution in [0.15, 0.2) is 0 Å². The Kier molecular flexibility index (Phi) is 4.34. The molecule has 1 N–H and O–H groups in total. The van der Waals surface area contributed by atoms with E-state index < -0.39 is 6.10 Å². The van der Waals surface area contributed by atoms with Crippen LogP contribution in [0.5, 0.6) is 0 Å². The van der Waals surface area contributed by atoms with E-state index in [1.165, 1.54) is 6.92 Å². The van der Waals surface area contributed by atoms with Gasteiger partial charge in [0.05, 0.1) is 0 Å². The Balaban J connectivity index is 3.82. The van der Waals surface area contributed by atoms with Crippen LogP contribution in [0.1, 0.15) is 34.1 Å². The molecule has 0 aromatic heterocycles. The van der Waals surface area contributed by atoms with Crippen LogP contribution in [0.4, 0.5) is 0 Å². The van der Waals surface area contributed by atoms with Gasteiger partial charge in [0.1, 0.15) is 6.10 Å². The molecule has 0 fully saturated rings. The van der Waals surface area contributed by atoms with Gasteiger partial charge in [-0.1, -0.05) is 20.8 Å². The molecule has 2 atom stereocenters. The van der Waals surface area contributed by atoms with Crippen molar-refractivity contribution < 1.29 is 9.90 Å². The Morgan fingerprint density at radius 2 is 1.82 bits per heavy atom. The minimum absolute atomic E-state index is 0.0903. The summed E-state index contributed by atoms with van der Waals surface area (Å²) in [6, 6.07) is 0. The highest BCUT2D eigenvalue weighted by Gasteiger charge is 2.18. The van der Waals surface area contributed by atoms with E-state index in [0.717, 1.165) is 6.42 Å². The van der Waals surface area contributed by atoms with Crippen LogP contribution in [0.2, 0.25) is 0 Å². The summed E-state index contributed by atoms with van der Waals surface area (Å²) < 4.78 is 0. The molecule has 66 valence electrons. The molecule has 0 aliphatic heterocycles. The van der Waals surface area contributed by atoms with Gasteiger partial charge in [-0.3, -0.25) is 4.79 Å². The zero-order valence-corrected chi connectivity index (χ0v) is 7.79. The van der Waals surface area contributed by atoms with Gasteiger partial charge in [-0.25, -0.2) is 0 Å². The van der Waals surface area contributed by atoms with E-state index in [9.17, 15) is 9.90 Å². The van der Waals surface area contributed by atoms with Gasteiger partial charge in [0.15, 0.2) is 5.78 Å². The summed E-state index contributed by atoms with van der Waals surface area (Å²) in [5, 5.41) is 9.29. The molecule has 2 heteroatoms. The molecule has 0 saturated carbocycles. The van der Waals surface area contributed by atoms with Crippen LogP contribution < -0.4 is 0 Å². The lowest BCUT2D eigenvalue weighted by molar-refractivity contribution is -0.127. The largest absolute Gasteiger partial charge is 0.385 e. The molecule has 0 spiro atoms.